The van der Waals surface area contributed by atoms with Crippen LogP contribution in [0.5, 0.6) is 0 Å². The lowest BCUT2D eigenvalue weighted by Crippen LogP contribution is -2.48. The second-order valence-corrected chi connectivity index (χ2v) is 6.68. The van der Waals surface area contributed by atoms with Crippen LogP contribution in [0.1, 0.15) is 37.4 Å². The molecule has 25 heavy (non-hydrogen) atoms. The first-order chi connectivity index (χ1) is 11.9. The molecule has 1 atom stereocenters. The second kappa shape index (κ2) is 7.35. The Morgan fingerprint density at radius 1 is 1.24 bits per heavy atom. The van der Waals surface area contributed by atoms with Gasteiger partial charge < -0.3 is 19.5 Å². The summed E-state index contributed by atoms with van der Waals surface area (Å²) in [5.41, 5.74) is 0.344. The summed E-state index contributed by atoms with van der Waals surface area (Å²) in [5, 5.41) is 0. The summed E-state index contributed by atoms with van der Waals surface area (Å²) in [7, 11) is 0. The summed E-state index contributed by atoms with van der Waals surface area (Å²) in [6, 6.07) is 1.43. The first kappa shape index (κ1) is 17.6. The maximum absolute atomic E-state index is 12.8. The molecule has 3 heterocycles. The second-order valence-electron chi connectivity index (χ2n) is 6.68. The van der Waals surface area contributed by atoms with Crippen LogP contribution in [0.15, 0.2) is 10.9 Å². The van der Waals surface area contributed by atoms with Crippen molar-refractivity contribution in [2.24, 2.45) is 5.92 Å². The largest absolute Gasteiger partial charge is 0.368 e. The van der Waals surface area contributed by atoms with Crippen molar-refractivity contribution < 1.29 is 14.3 Å². The maximum atomic E-state index is 12.8. The van der Waals surface area contributed by atoms with Crippen LogP contribution in [0.4, 0.5) is 0 Å². The summed E-state index contributed by atoms with van der Waals surface area (Å²) >= 11 is 0. The van der Waals surface area contributed by atoms with Gasteiger partial charge in [0.15, 0.2) is 0 Å². The molecule has 1 aromatic rings. The van der Waals surface area contributed by atoms with E-state index in [9.17, 15) is 14.4 Å². The molecule has 8 nitrogen and oxygen atoms in total. The van der Waals surface area contributed by atoms with Gasteiger partial charge in [-0.2, -0.15) is 0 Å². The number of carbonyl (C=O) groups is 2. The van der Waals surface area contributed by atoms with E-state index in [0.717, 1.165) is 0 Å². The summed E-state index contributed by atoms with van der Waals surface area (Å²) < 4.78 is 5.73. The number of morpholine rings is 1. The van der Waals surface area contributed by atoms with Crippen molar-refractivity contribution in [3.63, 3.8) is 0 Å². The number of aromatic nitrogens is 2. The summed E-state index contributed by atoms with van der Waals surface area (Å²) in [6.07, 6.45) is 1.02. The number of rotatable bonds is 2. The monoisotopic (exact) mass is 348 g/mol. The van der Waals surface area contributed by atoms with Gasteiger partial charge in [0.05, 0.1) is 18.8 Å². The predicted octanol–water partition coefficient (Wildman–Crippen LogP) is 0.237. The van der Waals surface area contributed by atoms with Gasteiger partial charge in [0.2, 0.25) is 11.8 Å². The van der Waals surface area contributed by atoms with Gasteiger partial charge in [0.1, 0.15) is 11.9 Å². The standard InChI is InChI=1S/C17H24N4O4/c1-11-18-14(9-16(23)19-11)15-10-21(7-8-25-15)17(24)13-3-5-20(6-4-13)12(2)22/h9,13,15H,3-8,10H2,1-2H3,(H,18,19,23). The molecule has 2 aliphatic heterocycles. The van der Waals surface area contributed by atoms with Crippen LogP contribution >= 0.6 is 0 Å². The van der Waals surface area contributed by atoms with Crippen molar-refractivity contribution in [3.05, 3.63) is 27.9 Å². The molecule has 0 bridgehead atoms. The van der Waals surface area contributed by atoms with E-state index in [4.69, 9.17) is 4.74 Å². The molecule has 1 aromatic heterocycles. The highest BCUT2D eigenvalue weighted by molar-refractivity contribution is 5.80. The van der Waals surface area contributed by atoms with E-state index in [2.05, 4.69) is 9.97 Å². The fourth-order valence-corrected chi connectivity index (χ4v) is 3.50. The van der Waals surface area contributed by atoms with Gasteiger partial charge in [0.25, 0.3) is 5.56 Å². The molecular weight excluding hydrogens is 324 g/mol. The van der Waals surface area contributed by atoms with Crippen LogP contribution in [0.25, 0.3) is 0 Å². The Kier molecular flexibility index (Phi) is 5.17. The number of nitrogens with one attached hydrogen (secondary N) is 1. The highest BCUT2D eigenvalue weighted by Crippen LogP contribution is 2.24. The van der Waals surface area contributed by atoms with Crippen molar-refractivity contribution in [1.82, 2.24) is 19.8 Å². The Balaban J connectivity index is 1.64. The summed E-state index contributed by atoms with van der Waals surface area (Å²) in [6.45, 7) is 5.93. The number of H-pyrrole nitrogens is 1. The molecule has 2 saturated heterocycles. The van der Waals surface area contributed by atoms with E-state index in [0.29, 0.717) is 57.1 Å². The SMILES string of the molecule is CC(=O)N1CCC(C(=O)N2CCOC(c3cc(=O)[nH]c(C)n3)C2)CC1. The number of amides is 2. The number of aryl methyl sites for hydroxylation is 1. The fraction of sp³-hybridized carbons (Fsp3) is 0.647. The van der Waals surface area contributed by atoms with Crippen LogP contribution in [0.3, 0.4) is 0 Å². The zero-order valence-electron chi connectivity index (χ0n) is 14.7. The Hall–Kier alpha value is -2.22. The number of hydrogen-bond acceptors (Lipinski definition) is 5. The maximum Gasteiger partial charge on any atom is 0.251 e. The molecule has 1 unspecified atom stereocenters. The van der Waals surface area contributed by atoms with Crippen molar-refractivity contribution in [2.75, 3.05) is 32.8 Å². The van der Waals surface area contributed by atoms with Crippen molar-refractivity contribution >= 4 is 11.8 Å². The molecule has 2 amide bonds. The number of aromatic amines is 1. The molecule has 3 rings (SSSR count). The lowest BCUT2D eigenvalue weighted by atomic mass is 9.94. The molecule has 8 heteroatoms. The van der Waals surface area contributed by atoms with Crippen LogP contribution in [0.2, 0.25) is 0 Å². The van der Waals surface area contributed by atoms with Gasteiger partial charge in [-0.25, -0.2) is 4.98 Å². The first-order valence-electron chi connectivity index (χ1n) is 8.68. The minimum Gasteiger partial charge on any atom is -0.368 e. The number of ether oxygens (including phenoxy) is 1. The highest BCUT2D eigenvalue weighted by atomic mass is 16.5. The van der Waals surface area contributed by atoms with E-state index in [-0.39, 0.29) is 29.4 Å². The minimum absolute atomic E-state index is 0.0526. The summed E-state index contributed by atoms with van der Waals surface area (Å²) in [5.74, 6) is 0.653. The average Bonchev–Trinajstić information content (AvgIpc) is 2.60. The number of piperidine rings is 1. The molecule has 0 aliphatic carbocycles. The molecule has 1 N–H and O–H groups in total. The van der Waals surface area contributed by atoms with E-state index in [1.807, 2.05) is 0 Å². The number of nitrogens with zero attached hydrogens (tertiary/aromatic N) is 3. The number of carbonyl (C=O) groups excluding carboxylic acids is 2. The Bertz CT molecular complexity index is 709. The third kappa shape index (κ3) is 4.07. The lowest BCUT2D eigenvalue weighted by Gasteiger charge is -2.37. The topological polar surface area (TPSA) is 95.6 Å². The Labute approximate surface area is 146 Å². The van der Waals surface area contributed by atoms with Gasteiger partial charge in [-0.3, -0.25) is 14.4 Å². The smallest absolute Gasteiger partial charge is 0.251 e. The molecule has 2 aliphatic rings. The molecule has 2 fully saturated rings. The Morgan fingerprint density at radius 3 is 2.60 bits per heavy atom. The van der Waals surface area contributed by atoms with Gasteiger partial charge in [-0.15, -0.1) is 0 Å². The number of likely N-dealkylation sites (tertiary alicyclic amines) is 1. The van der Waals surface area contributed by atoms with Crippen molar-refractivity contribution in [2.45, 2.75) is 32.8 Å². The van der Waals surface area contributed by atoms with E-state index in [1.54, 1.807) is 23.6 Å². The molecule has 136 valence electrons. The molecular formula is C17H24N4O4. The van der Waals surface area contributed by atoms with Crippen LogP contribution in [0, 0.1) is 12.8 Å². The van der Waals surface area contributed by atoms with Gasteiger partial charge in [-0.05, 0) is 19.8 Å². The fourth-order valence-electron chi connectivity index (χ4n) is 3.50. The molecule has 0 saturated carbocycles. The van der Waals surface area contributed by atoms with E-state index >= 15 is 0 Å². The third-order valence-electron chi connectivity index (χ3n) is 4.88. The van der Waals surface area contributed by atoms with E-state index in [1.165, 1.54) is 6.07 Å². The van der Waals surface area contributed by atoms with Gasteiger partial charge in [0, 0.05) is 38.5 Å². The first-order valence-corrected chi connectivity index (χ1v) is 8.68. The van der Waals surface area contributed by atoms with Gasteiger partial charge in [-0.1, -0.05) is 0 Å². The zero-order chi connectivity index (χ0) is 18.0. The van der Waals surface area contributed by atoms with Gasteiger partial charge >= 0.3 is 0 Å². The summed E-state index contributed by atoms with van der Waals surface area (Å²) in [4.78, 5) is 46.4. The highest BCUT2D eigenvalue weighted by Gasteiger charge is 2.33. The average molecular weight is 348 g/mol. The Morgan fingerprint density at radius 2 is 1.96 bits per heavy atom. The zero-order valence-corrected chi connectivity index (χ0v) is 14.7. The molecule has 0 radical (unpaired) electrons. The normalized spacial score (nSPS) is 22.1. The minimum atomic E-state index is -0.379. The molecule has 0 spiro atoms. The van der Waals surface area contributed by atoms with Crippen molar-refractivity contribution in [1.29, 1.82) is 0 Å². The van der Waals surface area contributed by atoms with E-state index < -0.39 is 0 Å². The van der Waals surface area contributed by atoms with Crippen LogP contribution in [-0.2, 0) is 14.3 Å². The number of hydrogen-bond donors (Lipinski definition) is 1. The van der Waals surface area contributed by atoms with Crippen LogP contribution in [-0.4, -0.2) is 64.4 Å². The molecule has 0 aromatic carbocycles. The predicted molar refractivity (Wildman–Crippen MR) is 89.8 cm³/mol. The van der Waals surface area contributed by atoms with Crippen LogP contribution < -0.4 is 5.56 Å². The quantitative estimate of drug-likeness (QED) is 0.826. The lowest BCUT2D eigenvalue weighted by molar-refractivity contribution is -0.146. The third-order valence-corrected chi connectivity index (χ3v) is 4.88. The van der Waals surface area contributed by atoms with Crippen molar-refractivity contribution in [3.8, 4) is 0 Å².